The van der Waals surface area contributed by atoms with Gasteiger partial charge in [0.25, 0.3) is 0 Å². The molecule has 2 N–H and O–H groups in total. The first-order valence-corrected chi connectivity index (χ1v) is 6.90. The number of hydrogen-bond acceptors (Lipinski definition) is 2. The zero-order chi connectivity index (χ0) is 11.7. The summed E-state index contributed by atoms with van der Waals surface area (Å²) in [4.78, 5) is 1.04. The first kappa shape index (κ1) is 12.4. The number of rotatable bonds is 2. The summed E-state index contributed by atoms with van der Waals surface area (Å²) >= 11 is 16.7. The van der Waals surface area contributed by atoms with Gasteiger partial charge in [-0.15, -0.1) is 11.3 Å². The summed E-state index contributed by atoms with van der Waals surface area (Å²) in [6, 6.07) is 9.21. The molecule has 1 nitrogen and oxygen atoms in total. The monoisotopic (exact) mass is 335 g/mol. The van der Waals surface area contributed by atoms with Gasteiger partial charge in [-0.1, -0.05) is 45.2 Å². The van der Waals surface area contributed by atoms with Crippen molar-refractivity contribution in [2.45, 2.75) is 6.04 Å². The molecule has 0 fully saturated rings. The van der Waals surface area contributed by atoms with Gasteiger partial charge in [0.2, 0.25) is 0 Å². The van der Waals surface area contributed by atoms with Crippen LogP contribution in [-0.2, 0) is 0 Å². The van der Waals surface area contributed by atoms with Gasteiger partial charge in [-0.05, 0) is 29.8 Å². The van der Waals surface area contributed by atoms with E-state index in [1.165, 1.54) is 11.3 Å². The molecule has 0 amide bonds. The Morgan fingerprint density at radius 1 is 1.19 bits per heavy atom. The molecule has 1 aromatic heterocycles. The van der Waals surface area contributed by atoms with E-state index >= 15 is 0 Å². The average molecular weight is 337 g/mol. The number of thiophene rings is 1. The average Bonchev–Trinajstić information content (AvgIpc) is 2.64. The molecule has 0 aliphatic carbocycles. The van der Waals surface area contributed by atoms with Crippen molar-refractivity contribution in [2.24, 2.45) is 5.73 Å². The van der Waals surface area contributed by atoms with Gasteiger partial charge in [-0.25, -0.2) is 0 Å². The molecule has 1 unspecified atom stereocenters. The fraction of sp³-hybridized carbons (Fsp3) is 0.0909. The first-order chi connectivity index (χ1) is 7.58. The largest absolute Gasteiger partial charge is 0.320 e. The van der Waals surface area contributed by atoms with Crippen molar-refractivity contribution in [1.29, 1.82) is 0 Å². The van der Waals surface area contributed by atoms with E-state index < -0.39 is 0 Å². The molecule has 0 spiro atoms. The molecule has 0 saturated carbocycles. The minimum atomic E-state index is -0.177. The lowest BCUT2D eigenvalue weighted by molar-refractivity contribution is 0.887. The van der Waals surface area contributed by atoms with Gasteiger partial charge in [0.05, 0.1) is 10.4 Å². The molecule has 2 aromatic rings. The van der Waals surface area contributed by atoms with E-state index in [0.717, 1.165) is 19.2 Å². The van der Waals surface area contributed by atoms with Crippen molar-refractivity contribution in [3.8, 4) is 0 Å². The van der Waals surface area contributed by atoms with Crippen LogP contribution in [0, 0.1) is 0 Å². The molecule has 0 aliphatic heterocycles. The highest BCUT2D eigenvalue weighted by molar-refractivity contribution is 9.10. The van der Waals surface area contributed by atoms with Gasteiger partial charge < -0.3 is 5.73 Å². The van der Waals surface area contributed by atoms with Crippen LogP contribution >= 0.6 is 50.5 Å². The van der Waals surface area contributed by atoms with E-state index in [9.17, 15) is 0 Å². The summed E-state index contributed by atoms with van der Waals surface area (Å²) in [5.41, 5.74) is 7.16. The fourth-order valence-corrected chi connectivity index (χ4v) is 3.41. The smallest absolute Gasteiger partial charge is 0.0931 e. The Morgan fingerprint density at radius 3 is 2.50 bits per heavy atom. The zero-order valence-electron chi connectivity index (χ0n) is 8.08. The lowest BCUT2D eigenvalue weighted by Gasteiger charge is -2.12. The molecule has 5 heteroatoms. The standard InChI is InChI=1S/C11H8BrCl2NS/c12-8-5-6(13)1-2-7(8)11(15)9-3-4-10(14)16-9/h1-5,11H,15H2. The number of halogens is 3. The maximum atomic E-state index is 6.16. The maximum Gasteiger partial charge on any atom is 0.0931 e. The van der Waals surface area contributed by atoms with Crippen molar-refractivity contribution in [2.75, 3.05) is 0 Å². The van der Waals surface area contributed by atoms with Crippen LogP contribution in [0.5, 0.6) is 0 Å². The minimum Gasteiger partial charge on any atom is -0.320 e. The van der Waals surface area contributed by atoms with E-state index in [0.29, 0.717) is 5.02 Å². The number of hydrogen-bond donors (Lipinski definition) is 1. The van der Waals surface area contributed by atoms with Crippen molar-refractivity contribution in [3.05, 3.63) is 54.6 Å². The van der Waals surface area contributed by atoms with Gasteiger partial charge in [0, 0.05) is 14.4 Å². The maximum absolute atomic E-state index is 6.16. The number of nitrogens with two attached hydrogens (primary N) is 1. The second-order valence-corrected chi connectivity index (χ2v) is 6.32. The molecule has 84 valence electrons. The lowest BCUT2D eigenvalue weighted by atomic mass is 10.1. The van der Waals surface area contributed by atoms with Crippen LogP contribution in [0.1, 0.15) is 16.5 Å². The van der Waals surface area contributed by atoms with Crippen LogP contribution in [0.25, 0.3) is 0 Å². The molecular weight excluding hydrogens is 329 g/mol. The van der Waals surface area contributed by atoms with Crippen LogP contribution in [0.15, 0.2) is 34.8 Å². The van der Waals surface area contributed by atoms with Gasteiger partial charge in [-0.2, -0.15) is 0 Å². The third-order valence-corrected chi connectivity index (χ3v) is 4.43. The third-order valence-electron chi connectivity index (χ3n) is 2.20. The summed E-state index contributed by atoms with van der Waals surface area (Å²) in [7, 11) is 0. The molecule has 16 heavy (non-hydrogen) atoms. The zero-order valence-corrected chi connectivity index (χ0v) is 12.0. The Balaban J connectivity index is 2.37. The van der Waals surface area contributed by atoms with Gasteiger partial charge in [-0.3, -0.25) is 0 Å². The summed E-state index contributed by atoms with van der Waals surface area (Å²) in [6.45, 7) is 0. The highest BCUT2D eigenvalue weighted by Crippen LogP contribution is 2.33. The lowest BCUT2D eigenvalue weighted by Crippen LogP contribution is -2.10. The van der Waals surface area contributed by atoms with Crippen molar-refractivity contribution >= 4 is 50.5 Å². The SMILES string of the molecule is NC(c1ccc(Cl)s1)c1ccc(Cl)cc1Br. The Hall–Kier alpha value is -0.0600. The highest BCUT2D eigenvalue weighted by Gasteiger charge is 2.14. The first-order valence-electron chi connectivity index (χ1n) is 4.53. The summed E-state index contributed by atoms with van der Waals surface area (Å²) in [5, 5.41) is 0.687. The Labute approximate surface area is 116 Å². The minimum absolute atomic E-state index is 0.177. The van der Waals surface area contributed by atoms with Crippen LogP contribution in [-0.4, -0.2) is 0 Å². The third kappa shape index (κ3) is 2.60. The van der Waals surface area contributed by atoms with E-state index in [1.807, 2.05) is 30.3 Å². The molecule has 1 heterocycles. The molecule has 0 aliphatic rings. The summed E-state index contributed by atoms with van der Waals surface area (Å²) < 4.78 is 1.66. The van der Waals surface area contributed by atoms with Crippen LogP contribution in [0.3, 0.4) is 0 Å². The molecule has 0 radical (unpaired) electrons. The Kier molecular flexibility index (Phi) is 3.93. The molecule has 0 saturated heterocycles. The molecule has 0 bridgehead atoms. The second kappa shape index (κ2) is 5.07. The van der Waals surface area contributed by atoms with Gasteiger partial charge in [0.1, 0.15) is 0 Å². The van der Waals surface area contributed by atoms with Crippen LogP contribution in [0.4, 0.5) is 0 Å². The van der Waals surface area contributed by atoms with E-state index in [1.54, 1.807) is 0 Å². The van der Waals surface area contributed by atoms with E-state index in [4.69, 9.17) is 28.9 Å². The highest BCUT2D eigenvalue weighted by atomic mass is 79.9. The summed E-state index contributed by atoms with van der Waals surface area (Å²) in [5.74, 6) is 0. The predicted molar refractivity (Wildman–Crippen MR) is 74.5 cm³/mol. The van der Waals surface area contributed by atoms with Crippen LogP contribution < -0.4 is 5.73 Å². The number of benzene rings is 1. The fourth-order valence-electron chi connectivity index (χ4n) is 1.40. The molecule has 1 aromatic carbocycles. The summed E-state index contributed by atoms with van der Waals surface area (Å²) in [6.07, 6.45) is 0. The topological polar surface area (TPSA) is 26.0 Å². The quantitative estimate of drug-likeness (QED) is 0.832. The van der Waals surface area contributed by atoms with E-state index in [-0.39, 0.29) is 6.04 Å². The second-order valence-electron chi connectivity index (χ2n) is 3.29. The van der Waals surface area contributed by atoms with Gasteiger partial charge >= 0.3 is 0 Å². The van der Waals surface area contributed by atoms with Crippen LogP contribution in [0.2, 0.25) is 9.36 Å². The van der Waals surface area contributed by atoms with Gasteiger partial charge in [0.15, 0.2) is 0 Å². The van der Waals surface area contributed by atoms with Crippen molar-refractivity contribution < 1.29 is 0 Å². The van der Waals surface area contributed by atoms with Crippen molar-refractivity contribution in [1.82, 2.24) is 0 Å². The molecular formula is C11H8BrCl2NS. The Bertz CT molecular complexity index is 512. The Morgan fingerprint density at radius 2 is 1.94 bits per heavy atom. The molecule has 1 atom stereocenters. The normalized spacial score (nSPS) is 12.8. The predicted octanol–water partition coefficient (Wildman–Crippen LogP) is 4.87. The van der Waals surface area contributed by atoms with E-state index in [2.05, 4.69) is 15.9 Å². The molecule has 2 rings (SSSR count). The van der Waals surface area contributed by atoms with Crippen molar-refractivity contribution in [3.63, 3.8) is 0 Å².